The maximum Gasteiger partial charge on any atom is 0.241 e. The number of piperidine rings is 1. The summed E-state index contributed by atoms with van der Waals surface area (Å²) in [7, 11) is 0. The molecule has 1 aliphatic heterocycles. The number of halogens is 2. The third-order valence-corrected chi connectivity index (χ3v) is 3.52. The van der Waals surface area contributed by atoms with Crippen LogP contribution < -0.4 is 11.1 Å². The largest absolute Gasteiger partial charge is 0.397 e. The SMILES string of the molecule is Nc1cc(F)c(Cl)cc1NCC(=O)N1CCCCC1. The number of anilines is 2. The molecular formula is C13H17ClFN3O. The molecule has 4 nitrogen and oxygen atoms in total. The van der Waals surface area contributed by atoms with Crippen molar-refractivity contribution in [2.45, 2.75) is 19.3 Å². The van der Waals surface area contributed by atoms with Gasteiger partial charge in [0.1, 0.15) is 5.82 Å². The molecule has 0 atom stereocenters. The molecule has 2 rings (SSSR count). The second-order valence-corrected chi connectivity index (χ2v) is 5.06. The van der Waals surface area contributed by atoms with E-state index in [2.05, 4.69) is 5.32 Å². The van der Waals surface area contributed by atoms with Crippen molar-refractivity contribution in [2.24, 2.45) is 0 Å². The van der Waals surface area contributed by atoms with E-state index in [0.29, 0.717) is 5.69 Å². The van der Waals surface area contributed by atoms with Crippen LogP contribution in [-0.2, 0) is 4.79 Å². The van der Waals surface area contributed by atoms with Crippen molar-refractivity contribution in [3.63, 3.8) is 0 Å². The fourth-order valence-electron chi connectivity index (χ4n) is 2.14. The van der Waals surface area contributed by atoms with E-state index >= 15 is 0 Å². The third-order valence-electron chi connectivity index (χ3n) is 3.23. The molecule has 0 unspecified atom stereocenters. The highest BCUT2D eigenvalue weighted by atomic mass is 35.5. The monoisotopic (exact) mass is 285 g/mol. The first-order chi connectivity index (χ1) is 9.08. The Bertz CT molecular complexity index is 475. The minimum Gasteiger partial charge on any atom is -0.397 e. The lowest BCUT2D eigenvalue weighted by molar-refractivity contribution is -0.130. The van der Waals surface area contributed by atoms with Gasteiger partial charge in [-0.3, -0.25) is 4.79 Å². The Morgan fingerprint density at radius 3 is 2.74 bits per heavy atom. The molecule has 0 aromatic heterocycles. The Hall–Kier alpha value is -1.49. The van der Waals surface area contributed by atoms with Crippen LogP contribution in [0.3, 0.4) is 0 Å². The topological polar surface area (TPSA) is 58.4 Å². The summed E-state index contributed by atoms with van der Waals surface area (Å²) in [5.74, 6) is -0.536. The minimum absolute atomic E-state index is 0.0119. The Morgan fingerprint density at radius 1 is 1.37 bits per heavy atom. The summed E-state index contributed by atoms with van der Waals surface area (Å²) in [6, 6.07) is 2.55. The lowest BCUT2D eigenvalue weighted by atomic mass is 10.1. The van der Waals surface area contributed by atoms with Crippen molar-refractivity contribution in [3.05, 3.63) is 23.0 Å². The average molecular weight is 286 g/mol. The first-order valence-corrected chi connectivity index (χ1v) is 6.72. The van der Waals surface area contributed by atoms with Crippen LogP contribution in [0.25, 0.3) is 0 Å². The Kier molecular flexibility index (Phi) is 4.47. The minimum atomic E-state index is -0.563. The van der Waals surface area contributed by atoms with E-state index in [0.717, 1.165) is 32.0 Å². The molecule has 19 heavy (non-hydrogen) atoms. The number of benzene rings is 1. The zero-order chi connectivity index (χ0) is 13.8. The lowest BCUT2D eigenvalue weighted by Gasteiger charge is -2.27. The van der Waals surface area contributed by atoms with E-state index < -0.39 is 5.82 Å². The standard InChI is InChI=1S/C13H17ClFN3O/c14-9-6-12(11(16)7-10(9)15)17-8-13(19)18-4-2-1-3-5-18/h6-7,17H,1-5,8,16H2. The number of carbonyl (C=O) groups excluding carboxylic acids is 1. The normalized spacial score (nSPS) is 15.4. The number of likely N-dealkylation sites (tertiary alicyclic amines) is 1. The second kappa shape index (κ2) is 6.10. The highest BCUT2D eigenvalue weighted by Crippen LogP contribution is 2.26. The number of amides is 1. The molecule has 3 N–H and O–H groups in total. The van der Waals surface area contributed by atoms with E-state index in [1.165, 1.54) is 12.5 Å². The number of rotatable bonds is 3. The molecule has 1 aliphatic rings. The molecule has 6 heteroatoms. The van der Waals surface area contributed by atoms with Gasteiger partial charge in [0.05, 0.1) is 22.9 Å². The molecule has 0 saturated carbocycles. The lowest BCUT2D eigenvalue weighted by Crippen LogP contribution is -2.39. The summed E-state index contributed by atoms with van der Waals surface area (Å²) in [6.07, 6.45) is 3.28. The number of carbonyl (C=O) groups is 1. The maximum absolute atomic E-state index is 13.1. The molecule has 0 aliphatic carbocycles. The van der Waals surface area contributed by atoms with Gasteiger partial charge in [-0.2, -0.15) is 0 Å². The number of hydrogen-bond acceptors (Lipinski definition) is 3. The van der Waals surface area contributed by atoms with Crippen LogP contribution in [0, 0.1) is 5.82 Å². The molecular weight excluding hydrogens is 269 g/mol. The Labute approximate surface area is 116 Å². The summed E-state index contributed by atoms with van der Waals surface area (Å²) in [4.78, 5) is 13.8. The van der Waals surface area contributed by atoms with Gasteiger partial charge in [-0.25, -0.2) is 4.39 Å². The van der Waals surface area contributed by atoms with Gasteiger partial charge in [-0.15, -0.1) is 0 Å². The van der Waals surface area contributed by atoms with Gasteiger partial charge in [0, 0.05) is 19.2 Å². The van der Waals surface area contributed by atoms with E-state index in [1.54, 1.807) is 0 Å². The summed E-state index contributed by atoms with van der Waals surface area (Å²) in [5.41, 5.74) is 6.40. The van der Waals surface area contributed by atoms with Crippen LogP contribution in [0.5, 0.6) is 0 Å². The van der Waals surface area contributed by atoms with Gasteiger partial charge >= 0.3 is 0 Å². The van der Waals surface area contributed by atoms with Crippen molar-refractivity contribution in [2.75, 3.05) is 30.7 Å². The first kappa shape index (κ1) is 13.9. The van der Waals surface area contributed by atoms with Gasteiger partial charge in [0.2, 0.25) is 5.91 Å². The molecule has 0 bridgehead atoms. The molecule has 0 spiro atoms. The second-order valence-electron chi connectivity index (χ2n) is 4.65. The average Bonchev–Trinajstić information content (AvgIpc) is 2.42. The number of nitrogen functional groups attached to an aromatic ring is 1. The van der Waals surface area contributed by atoms with E-state index in [4.69, 9.17) is 17.3 Å². The van der Waals surface area contributed by atoms with Gasteiger partial charge in [0.15, 0.2) is 0 Å². The fourth-order valence-corrected chi connectivity index (χ4v) is 2.30. The van der Waals surface area contributed by atoms with Crippen LogP contribution in [0.15, 0.2) is 12.1 Å². The molecule has 104 valence electrons. The van der Waals surface area contributed by atoms with Crippen LogP contribution in [0.1, 0.15) is 19.3 Å². The molecule has 1 aromatic carbocycles. The highest BCUT2D eigenvalue weighted by molar-refractivity contribution is 6.31. The molecule has 1 saturated heterocycles. The van der Waals surface area contributed by atoms with Crippen LogP contribution >= 0.6 is 11.6 Å². The first-order valence-electron chi connectivity index (χ1n) is 6.34. The number of nitrogens with two attached hydrogens (primary N) is 1. The molecule has 1 aromatic rings. The quantitative estimate of drug-likeness (QED) is 0.839. The van der Waals surface area contributed by atoms with E-state index in [-0.39, 0.29) is 23.2 Å². The predicted octanol–water partition coefficient (Wildman–Crippen LogP) is 2.49. The zero-order valence-corrected chi connectivity index (χ0v) is 11.3. The van der Waals surface area contributed by atoms with Gasteiger partial charge < -0.3 is 16.0 Å². The van der Waals surface area contributed by atoms with Crippen LogP contribution in [-0.4, -0.2) is 30.4 Å². The van der Waals surface area contributed by atoms with Crippen molar-refractivity contribution < 1.29 is 9.18 Å². The third kappa shape index (κ3) is 3.50. The van der Waals surface area contributed by atoms with Gasteiger partial charge in [-0.1, -0.05) is 11.6 Å². The maximum atomic E-state index is 13.1. The molecule has 1 fully saturated rings. The van der Waals surface area contributed by atoms with Crippen molar-refractivity contribution in [1.82, 2.24) is 4.90 Å². The summed E-state index contributed by atoms with van der Waals surface area (Å²) >= 11 is 5.68. The van der Waals surface area contributed by atoms with Crippen molar-refractivity contribution in [1.29, 1.82) is 0 Å². The van der Waals surface area contributed by atoms with Crippen molar-refractivity contribution >= 4 is 28.9 Å². The number of hydrogen-bond donors (Lipinski definition) is 2. The molecule has 1 heterocycles. The number of nitrogens with zero attached hydrogens (tertiary/aromatic N) is 1. The van der Waals surface area contributed by atoms with Crippen LogP contribution in [0.2, 0.25) is 5.02 Å². The zero-order valence-electron chi connectivity index (χ0n) is 10.6. The molecule has 0 radical (unpaired) electrons. The van der Waals surface area contributed by atoms with Gasteiger partial charge in [-0.05, 0) is 25.3 Å². The Morgan fingerprint density at radius 2 is 2.05 bits per heavy atom. The van der Waals surface area contributed by atoms with E-state index in [1.807, 2.05) is 4.90 Å². The fraction of sp³-hybridized carbons (Fsp3) is 0.462. The van der Waals surface area contributed by atoms with Crippen LogP contribution in [0.4, 0.5) is 15.8 Å². The highest BCUT2D eigenvalue weighted by Gasteiger charge is 2.16. The predicted molar refractivity (Wildman–Crippen MR) is 74.7 cm³/mol. The summed E-state index contributed by atoms with van der Waals surface area (Å²) in [5, 5.41) is 2.90. The molecule has 1 amide bonds. The number of nitrogens with one attached hydrogen (secondary N) is 1. The Balaban J connectivity index is 1.94. The van der Waals surface area contributed by atoms with E-state index in [9.17, 15) is 9.18 Å². The smallest absolute Gasteiger partial charge is 0.241 e. The van der Waals surface area contributed by atoms with Crippen molar-refractivity contribution in [3.8, 4) is 0 Å². The summed E-state index contributed by atoms with van der Waals surface area (Å²) < 4.78 is 13.1. The van der Waals surface area contributed by atoms with Gasteiger partial charge in [0.25, 0.3) is 0 Å². The summed E-state index contributed by atoms with van der Waals surface area (Å²) in [6.45, 7) is 1.76.